The van der Waals surface area contributed by atoms with Crippen LogP contribution in [0.3, 0.4) is 0 Å². The van der Waals surface area contributed by atoms with Crippen LogP contribution in [0.4, 0.5) is 0 Å². The summed E-state index contributed by atoms with van der Waals surface area (Å²) in [5.74, 6) is 0. The molecule has 1 aromatic carbocycles. The van der Waals surface area contributed by atoms with Crippen LogP contribution in [-0.2, 0) is 6.54 Å². The average molecular weight is 329 g/mol. The van der Waals surface area contributed by atoms with Gasteiger partial charge in [-0.05, 0) is 48.1 Å². The highest BCUT2D eigenvalue weighted by molar-refractivity contribution is 5.70. The zero-order valence-electron chi connectivity index (χ0n) is 14.4. The Morgan fingerprint density at radius 3 is 2.84 bits per heavy atom. The number of pyridine rings is 1. The van der Waals surface area contributed by atoms with Crippen LogP contribution in [0, 0.1) is 0 Å². The molecule has 2 bridgehead atoms. The maximum Gasteiger partial charge on any atom is 0.137 e. The van der Waals surface area contributed by atoms with E-state index in [0.717, 1.165) is 18.6 Å². The molecule has 0 saturated carbocycles. The van der Waals surface area contributed by atoms with Crippen molar-refractivity contribution in [3.63, 3.8) is 0 Å². The lowest BCUT2D eigenvalue weighted by Gasteiger charge is -2.45. The standard InChI is InChI=1S/C22H23N3/c1-2-5-17(6-3-1)16-25-20-7-4-8-21(25)14-19(13-20)18-9-11-24-12-10-23-22(24)15-18/h1-3,5-6,9-13,15,20-21H,4,7-8,14,16H2. The van der Waals surface area contributed by atoms with Gasteiger partial charge in [0, 0.05) is 37.2 Å². The van der Waals surface area contributed by atoms with Crippen LogP contribution in [0.2, 0.25) is 0 Å². The molecule has 0 aliphatic carbocycles. The van der Waals surface area contributed by atoms with Crippen molar-refractivity contribution in [1.82, 2.24) is 14.3 Å². The molecule has 25 heavy (non-hydrogen) atoms. The number of aromatic nitrogens is 2. The molecule has 126 valence electrons. The van der Waals surface area contributed by atoms with E-state index in [-0.39, 0.29) is 0 Å². The van der Waals surface area contributed by atoms with E-state index in [2.05, 4.69) is 69.0 Å². The van der Waals surface area contributed by atoms with Crippen LogP contribution >= 0.6 is 0 Å². The van der Waals surface area contributed by atoms with E-state index in [1.807, 2.05) is 12.4 Å². The first-order chi connectivity index (χ1) is 12.4. The Labute approximate surface area is 148 Å². The number of piperidine rings is 1. The molecular weight excluding hydrogens is 306 g/mol. The molecule has 0 amide bonds. The van der Waals surface area contributed by atoms with Gasteiger partial charge in [-0.15, -0.1) is 0 Å². The second-order valence-corrected chi connectivity index (χ2v) is 7.31. The summed E-state index contributed by atoms with van der Waals surface area (Å²) >= 11 is 0. The van der Waals surface area contributed by atoms with Crippen LogP contribution in [0.15, 0.2) is 67.1 Å². The van der Waals surface area contributed by atoms with E-state index in [4.69, 9.17) is 0 Å². The summed E-state index contributed by atoms with van der Waals surface area (Å²) in [6.07, 6.45) is 13.6. The molecule has 2 unspecified atom stereocenters. The highest BCUT2D eigenvalue weighted by atomic mass is 15.2. The molecule has 2 aliphatic heterocycles. The first kappa shape index (κ1) is 14.9. The third kappa shape index (κ3) is 2.79. The van der Waals surface area contributed by atoms with Crippen LogP contribution in [0.5, 0.6) is 0 Å². The molecule has 3 aromatic rings. The van der Waals surface area contributed by atoms with Crippen LogP contribution < -0.4 is 0 Å². The Balaban J connectivity index is 1.45. The fourth-order valence-corrected chi connectivity index (χ4v) is 4.48. The van der Waals surface area contributed by atoms with E-state index < -0.39 is 0 Å². The highest BCUT2D eigenvalue weighted by Gasteiger charge is 2.34. The largest absolute Gasteiger partial charge is 0.307 e. The van der Waals surface area contributed by atoms with Crippen molar-refractivity contribution in [2.75, 3.05) is 0 Å². The second kappa shape index (κ2) is 6.16. The zero-order valence-corrected chi connectivity index (χ0v) is 14.4. The molecule has 3 heteroatoms. The molecule has 3 nitrogen and oxygen atoms in total. The number of hydrogen-bond donors (Lipinski definition) is 0. The number of benzene rings is 1. The molecular formula is C22H23N3. The second-order valence-electron chi connectivity index (χ2n) is 7.31. The summed E-state index contributed by atoms with van der Waals surface area (Å²) in [7, 11) is 0. The Hall–Kier alpha value is -2.39. The fraction of sp³-hybridized carbons (Fsp3) is 0.318. The normalized spacial score (nSPS) is 23.6. The molecule has 2 aromatic heterocycles. The molecule has 0 N–H and O–H groups in total. The lowest BCUT2D eigenvalue weighted by Crippen LogP contribution is -2.47. The molecule has 2 aliphatic rings. The summed E-state index contributed by atoms with van der Waals surface area (Å²) in [6.45, 7) is 1.07. The number of fused-ring (bicyclic) bond motifs is 3. The molecule has 2 atom stereocenters. The minimum atomic E-state index is 0.568. The lowest BCUT2D eigenvalue weighted by atomic mass is 9.82. The topological polar surface area (TPSA) is 20.5 Å². The number of nitrogens with zero attached hydrogens (tertiary/aromatic N) is 3. The van der Waals surface area contributed by atoms with E-state index in [1.54, 1.807) is 0 Å². The molecule has 0 spiro atoms. The summed E-state index contributed by atoms with van der Waals surface area (Å²) in [5.41, 5.74) is 5.31. The van der Waals surface area contributed by atoms with Crippen molar-refractivity contribution < 1.29 is 0 Å². The van der Waals surface area contributed by atoms with Gasteiger partial charge in [-0.2, -0.15) is 0 Å². The Morgan fingerprint density at radius 1 is 1.04 bits per heavy atom. The van der Waals surface area contributed by atoms with Gasteiger partial charge in [0.2, 0.25) is 0 Å². The first-order valence-electron chi connectivity index (χ1n) is 9.30. The quantitative estimate of drug-likeness (QED) is 0.703. The highest BCUT2D eigenvalue weighted by Crippen LogP contribution is 2.38. The average Bonchev–Trinajstić information content (AvgIpc) is 3.10. The van der Waals surface area contributed by atoms with Crippen molar-refractivity contribution in [3.8, 4) is 0 Å². The van der Waals surface area contributed by atoms with Crippen LogP contribution in [0.1, 0.15) is 36.8 Å². The molecule has 0 radical (unpaired) electrons. The van der Waals surface area contributed by atoms with Gasteiger partial charge >= 0.3 is 0 Å². The Morgan fingerprint density at radius 2 is 1.96 bits per heavy atom. The van der Waals surface area contributed by atoms with Gasteiger partial charge in [-0.1, -0.05) is 42.8 Å². The number of rotatable bonds is 3. The van der Waals surface area contributed by atoms with Crippen molar-refractivity contribution in [1.29, 1.82) is 0 Å². The van der Waals surface area contributed by atoms with Gasteiger partial charge in [0.1, 0.15) is 5.65 Å². The number of imidazole rings is 1. The summed E-state index contributed by atoms with van der Waals surface area (Å²) in [4.78, 5) is 7.16. The maximum atomic E-state index is 4.44. The van der Waals surface area contributed by atoms with Gasteiger partial charge in [0.15, 0.2) is 0 Å². The van der Waals surface area contributed by atoms with Gasteiger partial charge in [0.05, 0.1) is 0 Å². The third-order valence-corrected chi connectivity index (χ3v) is 5.76. The van der Waals surface area contributed by atoms with E-state index in [9.17, 15) is 0 Å². The molecule has 5 rings (SSSR count). The zero-order chi connectivity index (χ0) is 16.6. The van der Waals surface area contributed by atoms with Gasteiger partial charge < -0.3 is 4.40 Å². The predicted octanol–water partition coefficient (Wildman–Crippen LogP) is 4.54. The predicted molar refractivity (Wildman–Crippen MR) is 101 cm³/mol. The van der Waals surface area contributed by atoms with Gasteiger partial charge in [-0.3, -0.25) is 4.90 Å². The SMILES string of the molecule is C1=C(c2ccn3ccnc3c2)CC2CCCC1N2Cc1ccccc1. The van der Waals surface area contributed by atoms with Crippen LogP contribution in [0.25, 0.3) is 11.2 Å². The van der Waals surface area contributed by atoms with E-state index >= 15 is 0 Å². The number of hydrogen-bond acceptors (Lipinski definition) is 2. The third-order valence-electron chi connectivity index (χ3n) is 5.76. The minimum Gasteiger partial charge on any atom is -0.307 e. The van der Waals surface area contributed by atoms with Crippen molar-refractivity contribution in [2.24, 2.45) is 0 Å². The smallest absolute Gasteiger partial charge is 0.137 e. The lowest BCUT2D eigenvalue weighted by molar-refractivity contribution is 0.0951. The fourth-order valence-electron chi connectivity index (χ4n) is 4.48. The Kier molecular flexibility index (Phi) is 3.67. The van der Waals surface area contributed by atoms with Gasteiger partial charge in [-0.25, -0.2) is 4.98 Å². The summed E-state index contributed by atoms with van der Waals surface area (Å²) < 4.78 is 2.08. The van der Waals surface area contributed by atoms with E-state index in [0.29, 0.717) is 12.1 Å². The van der Waals surface area contributed by atoms with Crippen molar-refractivity contribution >= 4 is 11.2 Å². The maximum absolute atomic E-state index is 4.44. The molecule has 1 fully saturated rings. The van der Waals surface area contributed by atoms with Gasteiger partial charge in [0.25, 0.3) is 0 Å². The summed E-state index contributed by atoms with van der Waals surface area (Å²) in [5, 5.41) is 0. The van der Waals surface area contributed by atoms with Crippen molar-refractivity contribution in [3.05, 3.63) is 78.3 Å². The molecule has 1 saturated heterocycles. The molecule has 4 heterocycles. The van der Waals surface area contributed by atoms with E-state index in [1.165, 1.54) is 36.0 Å². The monoisotopic (exact) mass is 329 g/mol. The minimum absolute atomic E-state index is 0.568. The first-order valence-corrected chi connectivity index (χ1v) is 9.30. The van der Waals surface area contributed by atoms with Crippen LogP contribution in [-0.4, -0.2) is 26.4 Å². The summed E-state index contributed by atoms with van der Waals surface area (Å²) in [6, 6.07) is 16.6. The van der Waals surface area contributed by atoms with Crippen molar-refractivity contribution in [2.45, 2.75) is 44.3 Å². The Bertz CT molecular complexity index is 909.